The lowest BCUT2D eigenvalue weighted by atomic mass is 10.0. The van der Waals surface area contributed by atoms with Crippen LogP contribution in [0.1, 0.15) is 15.3 Å². The maximum atomic E-state index is 13.8. The summed E-state index contributed by atoms with van der Waals surface area (Å²) in [5, 5.41) is 8.80. The van der Waals surface area contributed by atoms with E-state index < -0.39 is 5.82 Å². The molecule has 1 aromatic carbocycles. The van der Waals surface area contributed by atoms with E-state index in [1.54, 1.807) is 30.7 Å². The SMILES string of the molecule is CN=CC(=CN)c1sc(C)cc1-c1ccc(C#N)c(F)c1. The summed E-state index contributed by atoms with van der Waals surface area (Å²) in [6.45, 7) is 1.98. The lowest BCUT2D eigenvalue weighted by Gasteiger charge is -2.05. The minimum Gasteiger partial charge on any atom is -0.404 e. The number of hydrogen-bond donors (Lipinski definition) is 1. The Morgan fingerprint density at radius 2 is 2.19 bits per heavy atom. The van der Waals surface area contributed by atoms with E-state index in [1.807, 2.05) is 19.1 Å². The Morgan fingerprint density at radius 1 is 1.43 bits per heavy atom. The van der Waals surface area contributed by atoms with Crippen LogP contribution in [0.5, 0.6) is 0 Å². The second kappa shape index (κ2) is 6.33. The highest BCUT2D eigenvalue weighted by molar-refractivity contribution is 7.14. The first-order chi connectivity index (χ1) is 10.1. The zero-order chi connectivity index (χ0) is 15.4. The molecule has 2 aromatic rings. The molecule has 3 nitrogen and oxygen atoms in total. The van der Waals surface area contributed by atoms with Gasteiger partial charge >= 0.3 is 0 Å². The van der Waals surface area contributed by atoms with Gasteiger partial charge in [-0.2, -0.15) is 5.26 Å². The van der Waals surface area contributed by atoms with Gasteiger partial charge in [0.05, 0.1) is 5.56 Å². The van der Waals surface area contributed by atoms with Crippen LogP contribution >= 0.6 is 11.3 Å². The predicted molar refractivity (Wildman–Crippen MR) is 85.7 cm³/mol. The Bertz CT molecular complexity index is 766. The number of aliphatic imine (C=N–C) groups is 1. The maximum absolute atomic E-state index is 13.8. The molecule has 0 saturated carbocycles. The number of rotatable bonds is 3. The molecule has 0 saturated heterocycles. The molecule has 21 heavy (non-hydrogen) atoms. The maximum Gasteiger partial charge on any atom is 0.141 e. The Hall–Kier alpha value is -2.45. The number of aryl methyl sites for hydroxylation is 1. The summed E-state index contributed by atoms with van der Waals surface area (Å²) >= 11 is 1.57. The predicted octanol–water partition coefficient (Wildman–Crippen LogP) is 3.73. The Labute approximate surface area is 126 Å². The number of nitrogens with two attached hydrogens (primary N) is 1. The number of nitriles is 1. The summed E-state index contributed by atoms with van der Waals surface area (Å²) < 4.78 is 13.8. The molecule has 2 N–H and O–H groups in total. The zero-order valence-corrected chi connectivity index (χ0v) is 12.5. The van der Waals surface area contributed by atoms with E-state index in [9.17, 15) is 4.39 Å². The fourth-order valence-electron chi connectivity index (χ4n) is 2.03. The first kappa shape index (κ1) is 14.9. The van der Waals surface area contributed by atoms with Crippen molar-refractivity contribution < 1.29 is 4.39 Å². The van der Waals surface area contributed by atoms with Gasteiger partial charge in [-0.25, -0.2) is 4.39 Å². The molecule has 5 heteroatoms. The highest BCUT2D eigenvalue weighted by Crippen LogP contribution is 2.36. The van der Waals surface area contributed by atoms with Crippen molar-refractivity contribution in [3.05, 3.63) is 51.6 Å². The zero-order valence-electron chi connectivity index (χ0n) is 11.7. The molecule has 2 rings (SSSR count). The van der Waals surface area contributed by atoms with Gasteiger partial charge in [0.15, 0.2) is 0 Å². The average molecular weight is 299 g/mol. The standard InChI is InChI=1S/C16H14FN3S/c1-10-5-14(16(21-10)13(8-19)9-20-2)11-3-4-12(7-18)15(17)6-11/h3-6,8-9H,19H2,1-2H3. The first-order valence-corrected chi connectivity index (χ1v) is 7.07. The Morgan fingerprint density at radius 3 is 2.76 bits per heavy atom. The summed E-state index contributed by atoms with van der Waals surface area (Å²) in [6.07, 6.45) is 3.16. The molecular formula is C16H14FN3S. The summed E-state index contributed by atoms with van der Waals surface area (Å²) in [5.41, 5.74) is 8.09. The van der Waals surface area contributed by atoms with E-state index in [4.69, 9.17) is 11.0 Å². The molecule has 0 unspecified atom stereocenters. The van der Waals surface area contributed by atoms with Crippen LogP contribution in [0.25, 0.3) is 16.7 Å². The molecule has 1 aromatic heterocycles. The van der Waals surface area contributed by atoms with Crippen molar-refractivity contribution in [2.45, 2.75) is 6.92 Å². The van der Waals surface area contributed by atoms with E-state index in [1.165, 1.54) is 18.3 Å². The van der Waals surface area contributed by atoms with Crippen LogP contribution in [0.3, 0.4) is 0 Å². The molecular weight excluding hydrogens is 285 g/mol. The number of allylic oxidation sites excluding steroid dienone is 1. The largest absolute Gasteiger partial charge is 0.404 e. The molecule has 0 bridgehead atoms. The van der Waals surface area contributed by atoms with Crippen molar-refractivity contribution in [3.63, 3.8) is 0 Å². The molecule has 0 aliphatic carbocycles. The third-order valence-corrected chi connectivity index (χ3v) is 4.07. The topological polar surface area (TPSA) is 62.2 Å². The van der Waals surface area contributed by atoms with Gasteiger partial charge in [-0.1, -0.05) is 6.07 Å². The minimum absolute atomic E-state index is 0.0389. The molecule has 0 amide bonds. The first-order valence-electron chi connectivity index (χ1n) is 6.25. The second-order valence-corrected chi connectivity index (χ2v) is 5.67. The van der Waals surface area contributed by atoms with Gasteiger partial charge in [0.25, 0.3) is 0 Å². The molecule has 0 radical (unpaired) electrons. The minimum atomic E-state index is -0.521. The van der Waals surface area contributed by atoms with Crippen LogP contribution in [-0.2, 0) is 0 Å². The fourth-order valence-corrected chi connectivity index (χ4v) is 3.06. The highest BCUT2D eigenvalue weighted by Gasteiger charge is 2.14. The molecule has 0 aliphatic heterocycles. The van der Waals surface area contributed by atoms with Gasteiger partial charge < -0.3 is 5.73 Å². The smallest absolute Gasteiger partial charge is 0.141 e. The van der Waals surface area contributed by atoms with Gasteiger partial charge in [-0.05, 0) is 30.7 Å². The Balaban J connectivity index is 2.60. The molecule has 0 aliphatic rings. The lowest BCUT2D eigenvalue weighted by molar-refractivity contribution is 0.624. The van der Waals surface area contributed by atoms with Crippen LogP contribution in [0, 0.1) is 24.1 Å². The van der Waals surface area contributed by atoms with Crippen LogP contribution in [0.15, 0.2) is 35.5 Å². The third kappa shape index (κ3) is 3.01. The molecule has 106 valence electrons. The molecule has 0 atom stereocenters. The van der Waals surface area contributed by atoms with Crippen molar-refractivity contribution in [2.75, 3.05) is 7.05 Å². The third-order valence-electron chi connectivity index (χ3n) is 2.97. The number of benzene rings is 1. The highest BCUT2D eigenvalue weighted by atomic mass is 32.1. The number of thiophene rings is 1. The van der Waals surface area contributed by atoms with Crippen molar-refractivity contribution in [2.24, 2.45) is 10.7 Å². The molecule has 1 heterocycles. The van der Waals surface area contributed by atoms with Crippen molar-refractivity contribution in [1.29, 1.82) is 5.26 Å². The summed E-state index contributed by atoms with van der Waals surface area (Å²) in [5.74, 6) is -0.521. The molecule has 0 fully saturated rings. The quantitative estimate of drug-likeness (QED) is 0.878. The van der Waals surface area contributed by atoms with Crippen LogP contribution in [0.2, 0.25) is 0 Å². The van der Waals surface area contributed by atoms with Gasteiger partial charge in [0, 0.05) is 40.4 Å². The number of nitrogens with zero attached hydrogens (tertiary/aromatic N) is 2. The fraction of sp³-hybridized carbons (Fsp3) is 0.125. The van der Waals surface area contributed by atoms with Gasteiger partial charge in [-0.3, -0.25) is 4.99 Å². The van der Waals surface area contributed by atoms with E-state index in [-0.39, 0.29) is 5.56 Å². The second-order valence-electron chi connectivity index (χ2n) is 4.42. The lowest BCUT2D eigenvalue weighted by Crippen LogP contribution is -1.92. The van der Waals surface area contributed by atoms with E-state index >= 15 is 0 Å². The molecule has 0 spiro atoms. The van der Waals surface area contributed by atoms with Crippen molar-refractivity contribution >= 4 is 23.1 Å². The van der Waals surface area contributed by atoms with Gasteiger partial charge in [0.2, 0.25) is 0 Å². The normalized spacial score (nSPS) is 11.8. The van der Waals surface area contributed by atoms with Gasteiger partial charge in [0.1, 0.15) is 11.9 Å². The van der Waals surface area contributed by atoms with Gasteiger partial charge in [-0.15, -0.1) is 11.3 Å². The van der Waals surface area contributed by atoms with Crippen molar-refractivity contribution in [1.82, 2.24) is 0 Å². The van der Waals surface area contributed by atoms with E-state index in [0.29, 0.717) is 0 Å². The van der Waals surface area contributed by atoms with E-state index in [2.05, 4.69) is 4.99 Å². The average Bonchev–Trinajstić information content (AvgIpc) is 2.86. The van der Waals surface area contributed by atoms with Crippen LogP contribution < -0.4 is 5.73 Å². The summed E-state index contributed by atoms with van der Waals surface area (Å²) in [4.78, 5) is 6.01. The number of halogens is 1. The monoisotopic (exact) mass is 299 g/mol. The van der Waals surface area contributed by atoms with Crippen LogP contribution in [-0.4, -0.2) is 13.3 Å². The van der Waals surface area contributed by atoms with E-state index in [0.717, 1.165) is 26.5 Å². The summed E-state index contributed by atoms with van der Waals surface area (Å²) in [6, 6.07) is 8.41. The number of hydrogen-bond acceptors (Lipinski definition) is 4. The Kier molecular flexibility index (Phi) is 4.51. The summed E-state index contributed by atoms with van der Waals surface area (Å²) in [7, 11) is 1.67. The van der Waals surface area contributed by atoms with Crippen LogP contribution in [0.4, 0.5) is 4.39 Å². The van der Waals surface area contributed by atoms with Crippen molar-refractivity contribution in [3.8, 4) is 17.2 Å².